The lowest BCUT2D eigenvalue weighted by Crippen LogP contribution is -2.09. The summed E-state index contributed by atoms with van der Waals surface area (Å²) in [4.78, 5) is 0. The van der Waals surface area contributed by atoms with Gasteiger partial charge in [0, 0.05) is 16.7 Å². The van der Waals surface area contributed by atoms with Crippen molar-refractivity contribution in [3.05, 3.63) is 28.2 Å². The standard InChI is InChI=1S/C11H16BrNO/c1-8-3-4-10(7-11(8)12)13-6-5-9(2)14/h3-4,7,9,13-14H,5-6H2,1-2H3. The Bertz CT molecular complexity index is 299. The van der Waals surface area contributed by atoms with Crippen LogP contribution in [0, 0.1) is 6.92 Å². The van der Waals surface area contributed by atoms with Crippen molar-refractivity contribution in [3.8, 4) is 0 Å². The lowest BCUT2D eigenvalue weighted by atomic mass is 10.2. The molecule has 0 aliphatic rings. The van der Waals surface area contributed by atoms with Gasteiger partial charge >= 0.3 is 0 Å². The number of anilines is 1. The number of aliphatic hydroxyl groups excluding tert-OH is 1. The fourth-order valence-corrected chi connectivity index (χ4v) is 1.51. The van der Waals surface area contributed by atoms with E-state index in [1.807, 2.05) is 6.07 Å². The second-order valence-corrected chi connectivity index (χ2v) is 4.38. The van der Waals surface area contributed by atoms with Crippen LogP contribution >= 0.6 is 15.9 Å². The number of rotatable bonds is 4. The van der Waals surface area contributed by atoms with E-state index >= 15 is 0 Å². The van der Waals surface area contributed by atoms with Crippen LogP contribution in [-0.4, -0.2) is 17.8 Å². The molecule has 3 heteroatoms. The fourth-order valence-electron chi connectivity index (χ4n) is 1.13. The third-order valence-corrected chi connectivity index (χ3v) is 2.92. The summed E-state index contributed by atoms with van der Waals surface area (Å²) in [5, 5.41) is 12.3. The maximum absolute atomic E-state index is 9.08. The Kier molecular flexibility index (Phi) is 4.42. The summed E-state index contributed by atoms with van der Waals surface area (Å²) in [7, 11) is 0. The highest BCUT2D eigenvalue weighted by Gasteiger charge is 1.98. The molecule has 0 amide bonds. The minimum atomic E-state index is -0.239. The van der Waals surface area contributed by atoms with Crippen LogP contribution in [0.2, 0.25) is 0 Å². The second kappa shape index (κ2) is 5.37. The SMILES string of the molecule is Cc1ccc(NCCC(C)O)cc1Br. The highest BCUT2D eigenvalue weighted by atomic mass is 79.9. The van der Waals surface area contributed by atoms with Crippen LogP contribution in [0.1, 0.15) is 18.9 Å². The number of hydrogen-bond acceptors (Lipinski definition) is 2. The van der Waals surface area contributed by atoms with Crippen LogP contribution in [0.4, 0.5) is 5.69 Å². The predicted octanol–water partition coefficient (Wildman–Crippen LogP) is 2.94. The van der Waals surface area contributed by atoms with Gasteiger partial charge in [0.25, 0.3) is 0 Å². The van der Waals surface area contributed by atoms with Crippen LogP contribution in [0.5, 0.6) is 0 Å². The summed E-state index contributed by atoms with van der Waals surface area (Å²) >= 11 is 3.48. The molecule has 2 nitrogen and oxygen atoms in total. The molecule has 0 heterocycles. The van der Waals surface area contributed by atoms with Gasteiger partial charge < -0.3 is 10.4 Å². The lowest BCUT2D eigenvalue weighted by molar-refractivity contribution is 0.189. The average molecular weight is 258 g/mol. The zero-order valence-corrected chi connectivity index (χ0v) is 10.1. The van der Waals surface area contributed by atoms with Gasteiger partial charge in [-0.15, -0.1) is 0 Å². The average Bonchev–Trinajstić information content (AvgIpc) is 2.10. The molecule has 0 radical (unpaired) electrons. The quantitative estimate of drug-likeness (QED) is 0.870. The van der Waals surface area contributed by atoms with E-state index in [0.29, 0.717) is 0 Å². The van der Waals surface area contributed by atoms with E-state index < -0.39 is 0 Å². The summed E-state index contributed by atoms with van der Waals surface area (Å²) in [5.74, 6) is 0. The van der Waals surface area contributed by atoms with Crippen LogP contribution in [-0.2, 0) is 0 Å². The largest absolute Gasteiger partial charge is 0.393 e. The van der Waals surface area contributed by atoms with Crippen molar-refractivity contribution < 1.29 is 5.11 Å². The van der Waals surface area contributed by atoms with E-state index in [-0.39, 0.29) is 6.10 Å². The van der Waals surface area contributed by atoms with Gasteiger partial charge in [-0.05, 0) is 38.0 Å². The van der Waals surface area contributed by atoms with Crippen LogP contribution in [0.3, 0.4) is 0 Å². The molecule has 2 N–H and O–H groups in total. The van der Waals surface area contributed by atoms with E-state index in [1.165, 1.54) is 5.56 Å². The first kappa shape index (κ1) is 11.5. The van der Waals surface area contributed by atoms with E-state index in [9.17, 15) is 0 Å². The summed E-state index contributed by atoms with van der Waals surface area (Å²) in [5.41, 5.74) is 2.31. The minimum Gasteiger partial charge on any atom is -0.393 e. The molecule has 0 saturated carbocycles. The molecule has 0 aromatic heterocycles. The molecule has 0 fully saturated rings. The van der Waals surface area contributed by atoms with Crippen LogP contribution in [0.15, 0.2) is 22.7 Å². The van der Waals surface area contributed by atoms with Crippen molar-refractivity contribution in [1.29, 1.82) is 0 Å². The van der Waals surface area contributed by atoms with Gasteiger partial charge in [-0.1, -0.05) is 22.0 Å². The Morgan fingerprint density at radius 1 is 1.50 bits per heavy atom. The minimum absolute atomic E-state index is 0.239. The molecule has 0 spiro atoms. The van der Waals surface area contributed by atoms with E-state index in [2.05, 4.69) is 40.3 Å². The van der Waals surface area contributed by atoms with E-state index in [0.717, 1.165) is 23.1 Å². The third-order valence-electron chi connectivity index (χ3n) is 2.06. The molecule has 1 unspecified atom stereocenters. The van der Waals surface area contributed by atoms with Crippen molar-refractivity contribution in [2.45, 2.75) is 26.4 Å². The van der Waals surface area contributed by atoms with Crippen molar-refractivity contribution in [1.82, 2.24) is 0 Å². The Hall–Kier alpha value is -0.540. The van der Waals surface area contributed by atoms with Crippen molar-refractivity contribution in [2.75, 3.05) is 11.9 Å². The van der Waals surface area contributed by atoms with E-state index in [4.69, 9.17) is 5.11 Å². The first-order valence-electron chi connectivity index (χ1n) is 4.77. The molecular formula is C11H16BrNO. The molecule has 1 aromatic rings. The molecule has 0 bridgehead atoms. The van der Waals surface area contributed by atoms with Crippen molar-refractivity contribution in [2.24, 2.45) is 0 Å². The first-order valence-corrected chi connectivity index (χ1v) is 5.57. The molecular weight excluding hydrogens is 242 g/mol. The highest BCUT2D eigenvalue weighted by Crippen LogP contribution is 2.20. The lowest BCUT2D eigenvalue weighted by Gasteiger charge is -2.09. The van der Waals surface area contributed by atoms with Gasteiger partial charge in [-0.3, -0.25) is 0 Å². The normalized spacial score (nSPS) is 12.6. The fraction of sp³-hybridized carbons (Fsp3) is 0.455. The van der Waals surface area contributed by atoms with Gasteiger partial charge in [-0.25, -0.2) is 0 Å². The summed E-state index contributed by atoms with van der Waals surface area (Å²) < 4.78 is 1.11. The Morgan fingerprint density at radius 2 is 2.21 bits per heavy atom. The van der Waals surface area contributed by atoms with Gasteiger partial charge in [-0.2, -0.15) is 0 Å². The molecule has 1 aromatic carbocycles. The predicted molar refractivity (Wildman–Crippen MR) is 63.7 cm³/mol. The second-order valence-electron chi connectivity index (χ2n) is 3.53. The van der Waals surface area contributed by atoms with Crippen LogP contribution in [0.25, 0.3) is 0 Å². The van der Waals surface area contributed by atoms with Gasteiger partial charge in [0.05, 0.1) is 6.10 Å². The number of aliphatic hydroxyl groups is 1. The Morgan fingerprint density at radius 3 is 2.79 bits per heavy atom. The smallest absolute Gasteiger partial charge is 0.0528 e. The number of hydrogen-bond donors (Lipinski definition) is 2. The zero-order chi connectivity index (χ0) is 10.6. The molecule has 1 rings (SSSR count). The molecule has 0 saturated heterocycles. The number of nitrogens with one attached hydrogen (secondary N) is 1. The molecule has 0 aliphatic carbocycles. The Balaban J connectivity index is 2.47. The van der Waals surface area contributed by atoms with Crippen molar-refractivity contribution in [3.63, 3.8) is 0 Å². The highest BCUT2D eigenvalue weighted by molar-refractivity contribution is 9.10. The molecule has 78 valence electrons. The van der Waals surface area contributed by atoms with E-state index in [1.54, 1.807) is 6.92 Å². The zero-order valence-electron chi connectivity index (χ0n) is 8.55. The van der Waals surface area contributed by atoms with Gasteiger partial charge in [0.1, 0.15) is 0 Å². The van der Waals surface area contributed by atoms with Crippen LogP contribution < -0.4 is 5.32 Å². The number of halogens is 1. The monoisotopic (exact) mass is 257 g/mol. The molecule has 0 aliphatic heterocycles. The third kappa shape index (κ3) is 3.68. The topological polar surface area (TPSA) is 32.3 Å². The Labute approximate surface area is 93.5 Å². The summed E-state index contributed by atoms with van der Waals surface area (Å²) in [6.07, 6.45) is 0.530. The molecule has 14 heavy (non-hydrogen) atoms. The maximum Gasteiger partial charge on any atom is 0.0528 e. The van der Waals surface area contributed by atoms with Gasteiger partial charge in [0.2, 0.25) is 0 Å². The summed E-state index contributed by atoms with van der Waals surface area (Å²) in [6, 6.07) is 6.16. The maximum atomic E-state index is 9.08. The first-order chi connectivity index (χ1) is 6.59. The number of benzene rings is 1. The number of aryl methyl sites for hydroxylation is 1. The van der Waals surface area contributed by atoms with Gasteiger partial charge in [0.15, 0.2) is 0 Å². The molecule has 1 atom stereocenters. The summed E-state index contributed by atoms with van der Waals surface area (Å²) in [6.45, 7) is 4.66. The van der Waals surface area contributed by atoms with Crippen molar-refractivity contribution >= 4 is 21.6 Å².